The first-order valence-electron chi connectivity index (χ1n) is 5.36. The van der Waals surface area contributed by atoms with Crippen molar-refractivity contribution in [2.75, 3.05) is 18.5 Å². The quantitative estimate of drug-likeness (QED) is 0.754. The lowest BCUT2D eigenvalue weighted by Crippen LogP contribution is -2.27. The molecule has 0 aromatic heterocycles. The highest BCUT2D eigenvalue weighted by Crippen LogP contribution is 2.37. The van der Waals surface area contributed by atoms with Gasteiger partial charge in [0.25, 0.3) is 0 Å². The van der Waals surface area contributed by atoms with Crippen LogP contribution in [0.15, 0.2) is 18.2 Å². The van der Waals surface area contributed by atoms with Gasteiger partial charge < -0.3 is 10.1 Å². The van der Waals surface area contributed by atoms with Crippen LogP contribution in [-0.4, -0.2) is 13.2 Å². The molecule has 0 amide bonds. The summed E-state index contributed by atoms with van der Waals surface area (Å²) in [6.45, 7) is 5.06. The fourth-order valence-electron chi connectivity index (χ4n) is 1.62. The number of nitrogens with one attached hydrogen (secondary N) is 1. The molecule has 0 aliphatic carbocycles. The molecule has 0 atom stereocenters. The number of anilines is 1. The lowest BCUT2D eigenvalue weighted by atomic mass is 9.95. The van der Waals surface area contributed by atoms with Crippen LogP contribution in [0.2, 0.25) is 0 Å². The van der Waals surface area contributed by atoms with Gasteiger partial charge in [-0.1, -0.05) is 13.8 Å². The largest absolute Gasteiger partial charge is 0.491 e. The van der Waals surface area contributed by atoms with Crippen molar-refractivity contribution in [1.82, 2.24) is 0 Å². The van der Waals surface area contributed by atoms with E-state index in [1.807, 2.05) is 13.8 Å². The fraction of sp³-hybridized carbons (Fsp3) is 0.500. The van der Waals surface area contributed by atoms with E-state index in [9.17, 15) is 13.2 Å². The predicted molar refractivity (Wildman–Crippen MR) is 59.2 cm³/mol. The number of rotatable bonds is 0. The molecule has 0 bridgehead atoms. The predicted octanol–water partition coefficient (Wildman–Crippen LogP) is 3.54. The zero-order chi connectivity index (χ0) is 12.7. The van der Waals surface area contributed by atoms with Crippen molar-refractivity contribution in [3.8, 4) is 5.75 Å². The van der Waals surface area contributed by atoms with Gasteiger partial charge in [0.15, 0.2) is 0 Å². The first-order valence-corrected chi connectivity index (χ1v) is 5.36. The van der Waals surface area contributed by atoms with Gasteiger partial charge in [-0.25, -0.2) is 0 Å². The molecule has 2 rings (SSSR count). The maximum Gasteiger partial charge on any atom is 0.416 e. The van der Waals surface area contributed by atoms with Crippen LogP contribution in [0.25, 0.3) is 0 Å². The van der Waals surface area contributed by atoms with Gasteiger partial charge in [0.05, 0.1) is 17.9 Å². The summed E-state index contributed by atoms with van der Waals surface area (Å²) in [5, 5.41) is 3.10. The Hall–Kier alpha value is -1.39. The molecule has 1 aromatic carbocycles. The SMILES string of the molecule is CC1(C)CNc2ccc(C(F)(F)F)cc2OC1. The van der Waals surface area contributed by atoms with Gasteiger partial charge in [0, 0.05) is 12.0 Å². The van der Waals surface area contributed by atoms with Gasteiger partial charge in [-0.05, 0) is 18.2 Å². The maximum atomic E-state index is 12.5. The standard InChI is InChI=1S/C12H14F3NO/c1-11(2)6-16-9-4-3-8(12(13,14)15)5-10(9)17-7-11/h3-5,16H,6-7H2,1-2H3. The first-order chi connectivity index (χ1) is 7.78. The van der Waals surface area contributed by atoms with Crippen molar-refractivity contribution in [3.63, 3.8) is 0 Å². The first kappa shape index (κ1) is 12.1. The molecule has 1 aliphatic heterocycles. The van der Waals surface area contributed by atoms with Crippen molar-refractivity contribution in [1.29, 1.82) is 0 Å². The summed E-state index contributed by atoms with van der Waals surface area (Å²) in [6.07, 6.45) is -4.33. The summed E-state index contributed by atoms with van der Waals surface area (Å²) < 4.78 is 43.0. The third kappa shape index (κ3) is 2.65. The van der Waals surface area contributed by atoms with Gasteiger partial charge in [-0.3, -0.25) is 0 Å². The van der Waals surface area contributed by atoms with Crippen LogP contribution in [0.3, 0.4) is 0 Å². The molecule has 0 unspecified atom stereocenters. The Morgan fingerprint density at radius 1 is 1.29 bits per heavy atom. The highest BCUT2D eigenvalue weighted by Gasteiger charge is 2.32. The van der Waals surface area contributed by atoms with Crippen LogP contribution in [-0.2, 0) is 6.18 Å². The number of benzene rings is 1. The molecule has 0 fully saturated rings. The molecule has 0 radical (unpaired) electrons. The van der Waals surface area contributed by atoms with Gasteiger partial charge in [-0.15, -0.1) is 0 Å². The minimum atomic E-state index is -4.33. The molecule has 1 heterocycles. The molecule has 0 spiro atoms. The number of hydrogen-bond acceptors (Lipinski definition) is 2. The van der Waals surface area contributed by atoms with E-state index in [0.717, 1.165) is 12.1 Å². The van der Waals surface area contributed by atoms with Gasteiger partial charge in [-0.2, -0.15) is 13.2 Å². The summed E-state index contributed by atoms with van der Waals surface area (Å²) in [6, 6.07) is 3.52. The van der Waals surface area contributed by atoms with E-state index in [-0.39, 0.29) is 11.2 Å². The molecule has 0 saturated heterocycles. The van der Waals surface area contributed by atoms with Crippen LogP contribution >= 0.6 is 0 Å². The van der Waals surface area contributed by atoms with Crippen LogP contribution in [0, 0.1) is 5.41 Å². The molecular weight excluding hydrogens is 231 g/mol. The second-order valence-electron chi connectivity index (χ2n) is 5.02. The third-order valence-corrected chi connectivity index (χ3v) is 2.68. The van der Waals surface area contributed by atoms with Crippen molar-refractivity contribution < 1.29 is 17.9 Å². The van der Waals surface area contributed by atoms with Crippen LogP contribution in [0.5, 0.6) is 5.75 Å². The molecule has 2 nitrogen and oxygen atoms in total. The molecule has 0 saturated carbocycles. The Morgan fingerprint density at radius 3 is 2.65 bits per heavy atom. The molecule has 94 valence electrons. The maximum absolute atomic E-state index is 12.5. The van der Waals surface area contributed by atoms with E-state index in [1.165, 1.54) is 6.07 Å². The second kappa shape index (κ2) is 3.82. The third-order valence-electron chi connectivity index (χ3n) is 2.68. The summed E-state index contributed by atoms with van der Waals surface area (Å²) >= 11 is 0. The van der Waals surface area contributed by atoms with Crippen molar-refractivity contribution in [3.05, 3.63) is 23.8 Å². The number of fused-ring (bicyclic) bond motifs is 1. The van der Waals surface area contributed by atoms with E-state index < -0.39 is 11.7 Å². The smallest absolute Gasteiger partial charge is 0.416 e. The highest BCUT2D eigenvalue weighted by atomic mass is 19.4. The van der Waals surface area contributed by atoms with E-state index in [4.69, 9.17) is 4.74 Å². The topological polar surface area (TPSA) is 21.3 Å². The Kier molecular flexibility index (Phi) is 2.72. The van der Waals surface area contributed by atoms with Crippen molar-refractivity contribution in [2.24, 2.45) is 5.41 Å². The zero-order valence-corrected chi connectivity index (χ0v) is 9.69. The average molecular weight is 245 g/mol. The van der Waals surface area contributed by atoms with E-state index in [1.54, 1.807) is 0 Å². The molecule has 1 aromatic rings. The number of halogens is 3. The molecule has 17 heavy (non-hydrogen) atoms. The zero-order valence-electron chi connectivity index (χ0n) is 9.69. The van der Waals surface area contributed by atoms with Crippen LogP contribution in [0.4, 0.5) is 18.9 Å². The Morgan fingerprint density at radius 2 is 2.00 bits per heavy atom. The van der Waals surface area contributed by atoms with E-state index >= 15 is 0 Å². The average Bonchev–Trinajstić information content (AvgIpc) is 2.36. The van der Waals surface area contributed by atoms with E-state index in [0.29, 0.717) is 18.8 Å². The number of alkyl halides is 3. The second-order valence-corrected chi connectivity index (χ2v) is 5.02. The molecule has 5 heteroatoms. The number of hydrogen-bond donors (Lipinski definition) is 1. The van der Waals surface area contributed by atoms with E-state index in [2.05, 4.69) is 5.32 Å². The van der Waals surface area contributed by atoms with Crippen LogP contribution in [0.1, 0.15) is 19.4 Å². The highest BCUT2D eigenvalue weighted by molar-refractivity contribution is 5.58. The summed E-state index contributed by atoms with van der Waals surface area (Å²) in [4.78, 5) is 0. The lowest BCUT2D eigenvalue weighted by molar-refractivity contribution is -0.137. The molecule has 1 aliphatic rings. The molecular formula is C12H14F3NO. The minimum Gasteiger partial charge on any atom is -0.491 e. The Bertz CT molecular complexity index is 426. The van der Waals surface area contributed by atoms with Gasteiger partial charge in [0.2, 0.25) is 0 Å². The van der Waals surface area contributed by atoms with Crippen LogP contribution < -0.4 is 10.1 Å². The monoisotopic (exact) mass is 245 g/mol. The number of ether oxygens (including phenoxy) is 1. The summed E-state index contributed by atoms with van der Waals surface area (Å²) in [5.41, 5.74) is -0.168. The van der Waals surface area contributed by atoms with Crippen molar-refractivity contribution in [2.45, 2.75) is 20.0 Å². The lowest BCUT2D eigenvalue weighted by Gasteiger charge is -2.20. The summed E-state index contributed by atoms with van der Waals surface area (Å²) in [7, 11) is 0. The fourth-order valence-corrected chi connectivity index (χ4v) is 1.62. The normalized spacial score (nSPS) is 18.6. The van der Waals surface area contributed by atoms with Gasteiger partial charge >= 0.3 is 6.18 Å². The van der Waals surface area contributed by atoms with Gasteiger partial charge in [0.1, 0.15) is 5.75 Å². The Labute approximate surface area is 97.8 Å². The minimum absolute atomic E-state index is 0.0998. The Balaban J connectivity index is 2.32. The van der Waals surface area contributed by atoms with Crippen molar-refractivity contribution >= 4 is 5.69 Å². The summed E-state index contributed by atoms with van der Waals surface area (Å²) in [5.74, 6) is 0.269. The molecule has 1 N–H and O–H groups in total.